The minimum absolute atomic E-state index is 0.251. The van der Waals surface area contributed by atoms with Gasteiger partial charge in [-0.25, -0.2) is 0 Å². The summed E-state index contributed by atoms with van der Waals surface area (Å²) < 4.78 is 0. The highest BCUT2D eigenvalue weighted by atomic mass is 16.3. The number of aliphatic hydroxyl groups is 2. The van der Waals surface area contributed by atoms with Crippen molar-refractivity contribution in [2.75, 3.05) is 0 Å². The quantitative estimate of drug-likeness (QED) is 0.586. The Labute approximate surface area is 78.8 Å². The van der Waals surface area contributed by atoms with E-state index in [1.165, 1.54) is 0 Å². The van der Waals surface area contributed by atoms with Gasteiger partial charge >= 0.3 is 0 Å². The molecule has 0 heterocycles. The molecule has 3 heteroatoms. The van der Waals surface area contributed by atoms with Gasteiger partial charge in [0.25, 0.3) is 0 Å². The molecule has 0 saturated heterocycles. The Morgan fingerprint density at radius 1 is 1.23 bits per heavy atom. The second-order valence-electron chi connectivity index (χ2n) is 5.30. The van der Waals surface area contributed by atoms with Crippen LogP contribution >= 0.6 is 0 Å². The average Bonchev–Trinajstić information content (AvgIpc) is 1.96. The molecule has 3 nitrogen and oxygen atoms in total. The third kappa shape index (κ3) is 1.63. The van der Waals surface area contributed by atoms with Crippen LogP contribution in [0.15, 0.2) is 0 Å². The zero-order valence-electron chi connectivity index (χ0n) is 8.66. The van der Waals surface area contributed by atoms with Gasteiger partial charge in [-0.15, -0.1) is 0 Å². The summed E-state index contributed by atoms with van der Waals surface area (Å²) in [5.74, 6) is -0.251. The topological polar surface area (TPSA) is 57.5 Å². The van der Waals surface area contributed by atoms with E-state index in [1.807, 2.05) is 27.7 Å². The maximum absolute atomic E-state index is 11.5. The number of Topliss-reactive ketones (excluding diaryl/α,β-unsaturated/α-hetero) is 1. The molecular formula is C10H18O3. The van der Waals surface area contributed by atoms with Crippen LogP contribution in [0.5, 0.6) is 0 Å². The Kier molecular flexibility index (Phi) is 2.29. The van der Waals surface area contributed by atoms with E-state index in [9.17, 15) is 15.0 Å². The molecule has 0 spiro atoms. The van der Waals surface area contributed by atoms with Gasteiger partial charge in [-0.1, -0.05) is 27.7 Å². The number of hydrogen-bond acceptors (Lipinski definition) is 3. The van der Waals surface area contributed by atoms with Crippen LogP contribution in [0.4, 0.5) is 0 Å². The van der Waals surface area contributed by atoms with Gasteiger partial charge in [-0.3, -0.25) is 4.79 Å². The van der Waals surface area contributed by atoms with Crippen molar-refractivity contribution in [3.63, 3.8) is 0 Å². The zero-order chi connectivity index (χ0) is 10.4. The Morgan fingerprint density at radius 2 is 1.69 bits per heavy atom. The molecule has 2 N–H and O–H groups in total. The molecule has 0 amide bonds. The van der Waals surface area contributed by atoms with Crippen molar-refractivity contribution in [3.05, 3.63) is 0 Å². The number of hydrogen-bond donors (Lipinski definition) is 2. The van der Waals surface area contributed by atoms with Gasteiger partial charge in [0.1, 0.15) is 6.10 Å². The lowest BCUT2D eigenvalue weighted by molar-refractivity contribution is -0.162. The monoisotopic (exact) mass is 186 g/mol. The molecule has 0 aliphatic heterocycles. The lowest BCUT2D eigenvalue weighted by Gasteiger charge is -2.45. The maximum atomic E-state index is 11.5. The first-order valence-corrected chi connectivity index (χ1v) is 4.59. The Bertz CT molecular complexity index is 230. The normalized spacial score (nSPS) is 37.5. The Hall–Kier alpha value is -0.410. The SMILES string of the molecule is CC1(C)CC(C)(C)C(O)C(O)C1=O. The number of aliphatic hydroxyl groups excluding tert-OH is 2. The van der Waals surface area contributed by atoms with Gasteiger partial charge in [0, 0.05) is 5.41 Å². The van der Waals surface area contributed by atoms with E-state index in [2.05, 4.69) is 0 Å². The summed E-state index contributed by atoms with van der Waals surface area (Å²) in [5.41, 5.74) is -0.918. The molecule has 0 radical (unpaired) electrons. The molecule has 0 aromatic heterocycles. The third-order valence-corrected chi connectivity index (χ3v) is 2.93. The van der Waals surface area contributed by atoms with Gasteiger partial charge in [-0.05, 0) is 11.8 Å². The molecule has 76 valence electrons. The van der Waals surface area contributed by atoms with Crippen molar-refractivity contribution < 1.29 is 15.0 Å². The third-order valence-electron chi connectivity index (χ3n) is 2.93. The highest BCUT2D eigenvalue weighted by Crippen LogP contribution is 2.43. The van der Waals surface area contributed by atoms with E-state index in [0.29, 0.717) is 6.42 Å². The van der Waals surface area contributed by atoms with Gasteiger partial charge in [0.15, 0.2) is 5.78 Å². The number of carbonyl (C=O) groups excluding carboxylic acids is 1. The summed E-state index contributed by atoms with van der Waals surface area (Å²) >= 11 is 0. The Balaban J connectivity index is 2.99. The molecule has 1 rings (SSSR count). The second-order valence-corrected chi connectivity index (χ2v) is 5.30. The van der Waals surface area contributed by atoms with Crippen molar-refractivity contribution in [3.8, 4) is 0 Å². The molecule has 13 heavy (non-hydrogen) atoms. The lowest BCUT2D eigenvalue weighted by Crippen LogP contribution is -2.55. The maximum Gasteiger partial charge on any atom is 0.169 e. The molecule has 0 aromatic carbocycles. The van der Waals surface area contributed by atoms with Gasteiger partial charge in [0.2, 0.25) is 0 Å². The van der Waals surface area contributed by atoms with Crippen LogP contribution in [0.1, 0.15) is 34.1 Å². The fourth-order valence-electron chi connectivity index (χ4n) is 2.30. The molecule has 2 atom stereocenters. The molecule has 1 aliphatic carbocycles. The summed E-state index contributed by atoms with van der Waals surface area (Å²) in [6.07, 6.45) is -1.55. The van der Waals surface area contributed by atoms with E-state index in [4.69, 9.17) is 0 Å². The van der Waals surface area contributed by atoms with E-state index < -0.39 is 23.0 Å². The van der Waals surface area contributed by atoms with E-state index in [1.54, 1.807) is 0 Å². The van der Waals surface area contributed by atoms with Crippen LogP contribution in [0.25, 0.3) is 0 Å². The standard InChI is InChI=1S/C10H18O3/c1-9(2)5-10(3,4)8(13)6(11)7(9)12/h6-7,11-12H,5H2,1-4H3. The smallest absolute Gasteiger partial charge is 0.169 e. The Morgan fingerprint density at radius 3 is 2.15 bits per heavy atom. The van der Waals surface area contributed by atoms with Crippen LogP contribution in [0, 0.1) is 10.8 Å². The van der Waals surface area contributed by atoms with E-state index >= 15 is 0 Å². The van der Waals surface area contributed by atoms with E-state index in [0.717, 1.165) is 0 Å². The number of ketones is 1. The van der Waals surface area contributed by atoms with Crippen LogP contribution in [-0.2, 0) is 4.79 Å². The van der Waals surface area contributed by atoms with Crippen LogP contribution in [0.2, 0.25) is 0 Å². The van der Waals surface area contributed by atoms with Crippen LogP contribution in [0.3, 0.4) is 0 Å². The number of carbonyl (C=O) groups is 1. The van der Waals surface area contributed by atoms with Crippen molar-refractivity contribution in [2.24, 2.45) is 10.8 Å². The fraction of sp³-hybridized carbons (Fsp3) is 0.900. The first kappa shape index (κ1) is 10.7. The first-order chi connectivity index (χ1) is 5.68. The number of rotatable bonds is 0. The van der Waals surface area contributed by atoms with Crippen molar-refractivity contribution in [2.45, 2.75) is 46.3 Å². The van der Waals surface area contributed by atoms with Crippen molar-refractivity contribution in [1.82, 2.24) is 0 Å². The van der Waals surface area contributed by atoms with Crippen LogP contribution < -0.4 is 0 Å². The largest absolute Gasteiger partial charge is 0.389 e. The molecule has 2 unspecified atom stereocenters. The molecule has 0 bridgehead atoms. The minimum atomic E-state index is -1.22. The van der Waals surface area contributed by atoms with Gasteiger partial charge < -0.3 is 10.2 Å². The summed E-state index contributed by atoms with van der Waals surface area (Å²) in [4.78, 5) is 11.5. The van der Waals surface area contributed by atoms with Crippen molar-refractivity contribution >= 4 is 5.78 Å². The lowest BCUT2D eigenvalue weighted by atomic mass is 9.62. The molecule has 1 aliphatic rings. The van der Waals surface area contributed by atoms with Gasteiger partial charge in [0.05, 0.1) is 6.10 Å². The minimum Gasteiger partial charge on any atom is -0.389 e. The predicted molar refractivity (Wildman–Crippen MR) is 49.2 cm³/mol. The van der Waals surface area contributed by atoms with Gasteiger partial charge in [-0.2, -0.15) is 0 Å². The second kappa shape index (κ2) is 2.79. The highest BCUT2D eigenvalue weighted by molar-refractivity contribution is 5.89. The summed E-state index contributed by atoms with van der Waals surface area (Å²) in [5, 5.41) is 19.2. The zero-order valence-corrected chi connectivity index (χ0v) is 8.66. The molecule has 1 fully saturated rings. The average molecular weight is 186 g/mol. The molecule has 1 saturated carbocycles. The predicted octanol–water partition coefficient (Wildman–Crippen LogP) is 0.733. The molecular weight excluding hydrogens is 168 g/mol. The first-order valence-electron chi connectivity index (χ1n) is 4.59. The summed E-state index contributed by atoms with van der Waals surface area (Å²) in [6, 6.07) is 0. The fourth-order valence-corrected chi connectivity index (χ4v) is 2.30. The highest BCUT2D eigenvalue weighted by Gasteiger charge is 2.50. The summed E-state index contributed by atoms with van der Waals surface area (Å²) in [7, 11) is 0. The summed E-state index contributed by atoms with van der Waals surface area (Å²) in [6.45, 7) is 7.36. The molecule has 0 aromatic rings. The van der Waals surface area contributed by atoms with Crippen LogP contribution in [-0.4, -0.2) is 28.2 Å². The van der Waals surface area contributed by atoms with Crippen molar-refractivity contribution in [1.29, 1.82) is 0 Å². The van der Waals surface area contributed by atoms with E-state index in [-0.39, 0.29) is 5.78 Å².